The molecule has 0 aliphatic heterocycles. The van der Waals surface area contributed by atoms with E-state index in [9.17, 15) is 4.79 Å². The fraction of sp³-hybridized carbons (Fsp3) is 0.545. The summed E-state index contributed by atoms with van der Waals surface area (Å²) in [5.41, 5.74) is 0.931. The maximum absolute atomic E-state index is 11.7. The topological polar surface area (TPSA) is 49.3 Å². The molecule has 3 nitrogen and oxygen atoms in total. The number of aliphatic hydroxyl groups is 1. The van der Waals surface area contributed by atoms with Crippen LogP contribution in [0.2, 0.25) is 5.02 Å². The molecule has 1 unspecified atom stereocenters. The van der Waals surface area contributed by atoms with Gasteiger partial charge in [-0.25, -0.2) is 0 Å². The lowest BCUT2D eigenvalue weighted by Gasteiger charge is -2.10. The molecule has 0 saturated carbocycles. The first kappa shape index (κ1) is 13.5. The maximum atomic E-state index is 11.7. The summed E-state index contributed by atoms with van der Waals surface area (Å²) in [6.45, 7) is 4.57. The molecule has 1 atom stereocenters. The molecule has 5 heteroatoms. The molecule has 1 aromatic heterocycles. The molecule has 90 valence electrons. The van der Waals surface area contributed by atoms with E-state index in [0.717, 1.165) is 5.56 Å². The second kappa shape index (κ2) is 6.23. The van der Waals surface area contributed by atoms with Crippen molar-refractivity contribution in [3.8, 4) is 0 Å². The van der Waals surface area contributed by atoms with Gasteiger partial charge in [0.1, 0.15) is 4.88 Å². The van der Waals surface area contributed by atoms with Gasteiger partial charge in [0.25, 0.3) is 5.91 Å². The number of hydrogen-bond acceptors (Lipinski definition) is 3. The van der Waals surface area contributed by atoms with Gasteiger partial charge in [-0.1, -0.05) is 18.5 Å². The maximum Gasteiger partial charge on any atom is 0.262 e. The van der Waals surface area contributed by atoms with Crippen LogP contribution in [-0.4, -0.2) is 24.2 Å². The molecule has 0 saturated heterocycles. The first-order chi connectivity index (χ1) is 7.56. The van der Waals surface area contributed by atoms with Gasteiger partial charge in [-0.3, -0.25) is 4.79 Å². The molecule has 1 rings (SSSR count). The summed E-state index contributed by atoms with van der Waals surface area (Å²) >= 11 is 7.35. The first-order valence-corrected chi connectivity index (χ1v) is 6.44. The number of nitrogens with one attached hydrogen (secondary N) is 1. The Morgan fingerprint density at radius 2 is 2.38 bits per heavy atom. The fourth-order valence-electron chi connectivity index (χ4n) is 1.25. The Balaban J connectivity index is 2.50. The monoisotopic (exact) mass is 261 g/mol. The number of aliphatic hydroxyl groups excluding tert-OH is 1. The van der Waals surface area contributed by atoms with Crippen LogP contribution in [0.1, 0.15) is 28.6 Å². The molecule has 1 amide bonds. The van der Waals surface area contributed by atoms with E-state index >= 15 is 0 Å². The Labute approximate surface area is 104 Å². The number of amides is 1. The van der Waals surface area contributed by atoms with Crippen LogP contribution in [0.3, 0.4) is 0 Å². The number of carbonyl (C=O) groups excluding carboxylic acids is 1. The Hall–Kier alpha value is -0.580. The van der Waals surface area contributed by atoms with Crippen molar-refractivity contribution in [2.45, 2.75) is 20.3 Å². The van der Waals surface area contributed by atoms with Crippen LogP contribution in [0.5, 0.6) is 0 Å². The van der Waals surface area contributed by atoms with Crippen molar-refractivity contribution in [2.75, 3.05) is 13.2 Å². The van der Waals surface area contributed by atoms with Gasteiger partial charge in [0, 0.05) is 13.2 Å². The zero-order chi connectivity index (χ0) is 12.1. The third-order valence-electron chi connectivity index (χ3n) is 2.34. The molecule has 0 aliphatic rings. The minimum absolute atomic E-state index is 0.132. The lowest BCUT2D eigenvalue weighted by molar-refractivity contribution is 0.0949. The summed E-state index contributed by atoms with van der Waals surface area (Å²) in [4.78, 5) is 12.3. The molecule has 0 radical (unpaired) electrons. The quantitative estimate of drug-likeness (QED) is 0.856. The molecule has 2 N–H and O–H groups in total. The smallest absolute Gasteiger partial charge is 0.262 e. The van der Waals surface area contributed by atoms with Crippen molar-refractivity contribution in [2.24, 2.45) is 5.92 Å². The molecule has 1 aromatic rings. The van der Waals surface area contributed by atoms with Crippen LogP contribution >= 0.6 is 22.9 Å². The molecule has 0 aliphatic carbocycles. The minimum Gasteiger partial charge on any atom is -0.396 e. The van der Waals surface area contributed by atoms with Gasteiger partial charge in [-0.2, -0.15) is 0 Å². The highest BCUT2D eigenvalue weighted by Gasteiger charge is 2.14. The van der Waals surface area contributed by atoms with Gasteiger partial charge in [0.2, 0.25) is 0 Å². The van der Waals surface area contributed by atoms with E-state index in [0.29, 0.717) is 22.9 Å². The number of thiophene rings is 1. The van der Waals surface area contributed by atoms with Gasteiger partial charge in [0.15, 0.2) is 0 Å². The van der Waals surface area contributed by atoms with Crippen LogP contribution < -0.4 is 5.32 Å². The van der Waals surface area contributed by atoms with Gasteiger partial charge in [-0.15, -0.1) is 11.3 Å². The number of rotatable bonds is 5. The van der Waals surface area contributed by atoms with Crippen LogP contribution in [0.25, 0.3) is 0 Å². The lowest BCUT2D eigenvalue weighted by Crippen LogP contribution is -2.28. The van der Waals surface area contributed by atoms with Gasteiger partial charge in [-0.05, 0) is 30.2 Å². The highest BCUT2D eigenvalue weighted by atomic mass is 35.5. The van der Waals surface area contributed by atoms with E-state index in [1.54, 1.807) is 0 Å². The summed E-state index contributed by atoms with van der Waals surface area (Å²) in [5, 5.41) is 14.0. The van der Waals surface area contributed by atoms with E-state index < -0.39 is 0 Å². The predicted molar refractivity (Wildman–Crippen MR) is 67.3 cm³/mol. The van der Waals surface area contributed by atoms with E-state index in [-0.39, 0.29) is 18.4 Å². The van der Waals surface area contributed by atoms with E-state index in [2.05, 4.69) is 5.32 Å². The van der Waals surface area contributed by atoms with Crippen molar-refractivity contribution in [3.63, 3.8) is 0 Å². The van der Waals surface area contributed by atoms with Gasteiger partial charge < -0.3 is 10.4 Å². The molecular weight excluding hydrogens is 246 g/mol. The van der Waals surface area contributed by atoms with Crippen molar-refractivity contribution in [3.05, 3.63) is 20.8 Å². The minimum atomic E-state index is -0.132. The molecule has 0 bridgehead atoms. The van der Waals surface area contributed by atoms with Crippen molar-refractivity contribution < 1.29 is 9.90 Å². The van der Waals surface area contributed by atoms with Gasteiger partial charge >= 0.3 is 0 Å². The third-order valence-corrected chi connectivity index (χ3v) is 4.03. The zero-order valence-electron chi connectivity index (χ0n) is 9.42. The number of aryl methyl sites for hydroxylation is 1. The van der Waals surface area contributed by atoms with Crippen LogP contribution in [0.15, 0.2) is 5.38 Å². The van der Waals surface area contributed by atoms with Crippen LogP contribution in [-0.2, 0) is 0 Å². The summed E-state index contributed by atoms with van der Waals surface area (Å²) in [5.74, 6) is 0.140. The predicted octanol–water partition coefficient (Wildman–Crippen LogP) is 2.46. The Kier molecular flexibility index (Phi) is 5.25. The molecule has 0 spiro atoms. The fourth-order valence-corrected chi connectivity index (χ4v) is 2.45. The first-order valence-electron chi connectivity index (χ1n) is 5.19. The second-order valence-electron chi connectivity index (χ2n) is 3.89. The van der Waals surface area contributed by atoms with Gasteiger partial charge in [0.05, 0.1) is 5.02 Å². The number of carbonyl (C=O) groups is 1. The summed E-state index contributed by atoms with van der Waals surface area (Å²) < 4.78 is 0. The van der Waals surface area contributed by atoms with Crippen molar-refractivity contribution in [1.82, 2.24) is 5.32 Å². The highest BCUT2D eigenvalue weighted by molar-refractivity contribution is 7.13. The molecule has 0 aromatic carbocycles. The largest absolute Gasteiger partial charge is 0.396 e. The zero-order valence-corrected chi connectivity index (χ0v) is 11.0. The number of halogens is 1. The summed E-state index contributed by atoms with van der Waals surface area (Å²) in [6, 6.07) is 0. The normalized spacial score (nSPS) is 12.5. The van der Waals surface area contributed by atoms with E-state index in [4.69, 9.17) is 16.7 Å². The van der Waals surface area contributed by atoms with Crippen molar-refractivity contribution in [1.29, 1.82) is 0 Å². The van der Waals surface area contributed by atoms with Crippen LogP contribution in [0, 0.1) is 12.8 Å². The average molecular weight is 262 g/mol. The third kappa shape index (κ3) is 3.47. The summed E-state index contributed by atoms with van der Waals surface area (Å²) in [7, 11) is 0. The number of hydrogen-bond donors (Lipinski definition) is 2. The second-order valence-corrected chi connectivity index (χ2v) is 5.15. The van der Waals surface area contributed by atoms with E-state index in [1.165, 1.54) is 11.3 Å². The molecule has 1 heterocycles. The average Bonchev–Trinajstić information content (AvgIpc) is 2.57. The molecule has 0 fully saturated rings. The SMILES string of the molecule is Cc1csc(C(=O)NCC(C)CCO)c1Cl. The Bertz CT molecular complexity index is 365. The molecule has 16 heavy (non-hydrogen) atoms. The van der Waals surface area contributed by atoms with Crippen molar-refractivity contribution >= 4 is 28.8 Å². The van der Waals surface area contributed by atoms with Crippen LogP contribution in [0.4, 0.5) is 0 Å². The summed E-state index contributed by atoms with van der Waals surface area (Å²) in [6.07, 6.45) is 0.692. The Morgan fingerprint density at radius 1 is 1.69 bits per heavy atom. The standard InChI is InChI=1S/C11H16ClNO2S/c1-7(3-4-14)5-13-11(15)10-9(12)8(2)6-16-10/h6-7,14H,3-5H2,1-2H3,(H,13,15). The van der Waals surface area contributed by atoms with E-state index in [1.807, 2.05) is 19.2 Å². The molecular formula is C11H16ClNO2S. The Morgan fingerprint density at radius 3 is 2.88 bits per heavy atom. The highest BCUT2D eigenvalue weighted by Crippen LogP contribution is 2.26. The lowest BCUT2D eigenvalue weighted by atomic mass is 10.1.